The molecule has 0 unspecified atom stereocenters. The number of carbonyl (C=O) groups is 1. The van der Waals surface area contributed by atoms with Gasteiger partial charge < -0.3 is 14.0 Å². The van der Waals surface area contributed by atoms with E-state index in [2.05, 4.69) is 0 Å². The molecule has 0 aromatic heterocycles. The van der Waals surface area contributed by atoms with Crippen LogP contribution in [0.3, 0.4) is 0 Å². The topological polar surface area (TPSA) is 48.0 Å². The number of nitrogens with zero attached hydrogens (tertiary/aromatic N) is 1. The Morgan fingerprint density at radius 2 is 1.54 bits per heavy atom. The van der Waals surface area contributed by atoms with Crippen LogP contribution >= 0.6 is 0 Å². The van der Waals surface area contributed by atoms with Crippen molar-refractivity contribution in [2.45, 2.75) is 52.4 Å². The summed E-state index contributed by atoms with van der Waals surface area (Å²) in [6.07, 6.45) is -0.366. The molecule has 0 aliphatic carbocycles. The van der Waals surface area contributed by atoms with Crippen LogP contribution in [0.1, 0.15) is 40.2 Å². The molecule has 1 amide bonds. The SMILES string of the molecule is CCN(C(=O)OCc1ccccc1)c1ccc(B2OC(C)(C)C(C)(C)O2)cc1. The van der Waals surface area contributed by atoms with E-state index in [1.54, 1.807) is 4.90 Å². The minimum absolute atomic E-state index is 0.252. The van der Waals surface area contributed by atoms with E-state index in [4.69, 9.17) is 14.0 Å². The molecule has 5 nitrogen and oxygen atoms in total. The Kier molecular flexibility index (Phi) is 5.82. The van der Waals surface area contributed by atoms with E-state index in [1.807, 2.05) is 89.2 Å². The molecule has 1 saturated heterocycles. The Morgan fingerprint density at radius 3 is 2.07 bits per heavy atom. The molecule has 2 aromatic rings. The molecule has 2 aromatic carbocycles. The summed E-state index contributed by atoms with van der Waals surface area (Å²) in [6.45, 7) is 10.8. The number of amides is 1. The molecule has 1 aliphatic heterocycles. The van der Waals surface area contributed by atoms with E-state index in [0.717, 1.165) is 16.7 Å². The third-order valence-corrected chi connectivity index (χ3v) is 5.47. The van der Waals surface area contributed by atoms with Crippen LogP contribution in [0.15, 0.2) is 54.6 Å². The lowest BCUT2D eigenvalue weighted by Gasteiger charge is -2.32. The highest BCUT2D eigenvalue weighted by Crippen LogP contribution is 2.36. The summed E-state index contributed by atoms with van der Waals surface area (Å²) >= 11 is 0. The molecule has 0 atom stereocenters. The highest BCUT2D eigenvalue weighted by molar-refractivity contribution is 6.62. The Hall–Kier alpha value is -2.31. The number of hydrogen-bond donors (Lipinski definition) is 0. The monoisotopic (exact) mass is 381 g/mol. The van der Waals surface area contributed by atoms with E-state index < -0.39 is 7.12 Å². The lowest BCUT2D eigenvalue weighted by Crippen LogP contribution is -2.41. The van der Waals surface area contributed by atoms with Crippen molar-refractivity contribution >= 4 is 24.4 Å². The number of carbonyl (C=O) groups excluding carboxylic acids is 1. The van der Waals surface area contributed by atoms with E-state index in [-0.39, 0.29) is 23.9 Å². The van der Waals surface area contributed by atoms with Gasteiger partial charge in [0.25, 0.3) is 0 Å². The zero-order chi connectivity index (χ0) is 20.4. The Balaban J connectivity index is 1.66. The molecule has 1 fully saturated rings. The summed E-state index contributed by atoms with van der Waals surface area (Å²) in [5.74, 6) is 0. The predicted octanol–water partition coefficient (Wildman–Crippen LogP) is 4.15. The second-order valence-corrected chi connectivity index (χ2v) is 7.96. The molecular formula is C22H28BNO4. The van der Waals surface area contributed by atoms with Gasteiger partial charge in [-0.3, -0.25) is 4.90 Å². The second kappa shape index (κ2) is 7.98. The van der Waals surface area contributed by atoms with E-state index >= 15 is 0 Å². The number of rotatable bonds is 5. The van der Waals surface area contributed by atoms with Gasteiger partial charge in [0.05, 0.1) is 11.2 Å². The van der Waals surface area contributed by atoms with Crippen molar-refractivity contribution in [3.8, 4) is 0 Å². The van der Waals surface area contributed by atoms with Gasteiger partial charge >= 0.3 is 13.2 Å². The molecule has 0 radical (unpaired) electrons. The molecule has 6 heteroatoms. The molecule has 1 heterocycles. The van der Waals surface area contributed by atoms with Crippen LogP contribution < -0.4 is 10.4 Å². The van der Waals surface area contributed by atoms with Gasteiger partial charge in [-0.05, 0) is 57.8 Å². The van der Waals surface area contributed by atoms with Gasteiger partial charge in [-0.15, -0.1) is 0 Å². The fourth-order valence-corrected chi connectivity index (χ4v) is 3.00. The maximum atomic E-state index is 12.5. The summed E-state index contributed by atoms with van der Waals surface area (Å²) in [7, 11) is -0.417. The molecule has 1 aliphatic rings. The van der Waals surface area contributed by atoms with Crippen molar-refractivity contribution in [2.24, 2.45) is 0 Å². The van der Waals surface area contributed by atoms with Crippen molar-refractivity contribution in [3.63, 3.8) is 0 Å². The minimum Gasteiger partial charge on any atom is -0.444 e. The largest absolute Gasteiger partial charge is 0.494 e. The van der Waals surface area contributed by atoms with Crippen molar-refractivity contribution in [3.05, 3.63) is 60.2 Å². The zero-order valence-corrected chi connectivity index (χ0v) is 17.3. The number of ether oxygens (including phenoxy) is 1. The first-order valence-electron chi connectivity index (χ1n) is 9.67. The fraction of sp³-hybridized carbons (Fsp3) is 0.409. The average Bonchev–Trinajstić information content (AvgIpc) is 2.89. The quantitative estimate of drug-likeness (QED) is 0.731. The molecule has 0 saturated carbocycles. The van der Waals surface area contributed by atoms with Crippen molar-refractivity contribution in [1.29, 1.82) is 0 Å². The summed E-state index contributed by atoms with van der Waals surface area (Å²) < 4.78 is 17.6. The smallest absolute Gasteiger partial charge is 0.444 e. The number of hydrogen-bond acceptors (Lipinski definition) is 4. The lowest BCUT2D eigenvalue weighted by molar-refractivity contribution is 0.00578. The van der Waals surface area contributed by atoms with E-state index in [1.165, 1.54) is 0 Å². The summed E-state index contributed by atoms with van der Waals surface area (Å²) in [6, 6.07) is 17.3. The lowest BCUT2D eigenvalue weighted by atomic mass is 9.79. The Labute approximate surface area is 167 Å². The van der Waals surface area contributed by atoms with Crippen LogP contribution in [0.25, 0.3) is 0 Å². The first-order valence-corrected chi connectivity index (χ1v) is 9.67. The molecular weight excluding hydrogens is 353 g/mol. The van der Waals surface area contributed by atoms with Crippen LogP contribution in [0.4, 0.5) is 10.5 Å². The molecule has 0 spiro atoms. The normalized spacial score (nSPS) is 17.4. The van der Waals surface area contributed by atoms with Crippen LogP contribution in [-0.2, 0) is 20.7 Å². The first-order chi connectivity index (χ1) is 13.2. The maximum absolute atomic E-state index is 12.5. The maximum Gasteiger partial charge on any atom is 0.494 e. The number of benzene rings is 2. The van der Waals surface area contributed by atoms with Gasteiger partial charge in [0.2, 0.25) is 0 Å². The Bertz CT molecular complexity index is 789. The van der Waals surface area contributed by atoms with Crippen LogP contribution in [0.2, 0.25) is 0 Å². The number of anilines is 1. The molecule has 0 bridgehead atoms. The third kappa shape index (κ3) is 4.23. The van der Waals surface area contributed by atoms with Crippen molar-refractivity contribution in [1.82, 2.24) is 0 Å². The second-order valence-electron chi connectivity index (χ2n) is 7.96. The van der Waals surface area contributed by atoms with Crippen LogP contribution in [-0.4, -0.2) is 31.0 Å². The molecule has 0 N–H and O–H groups in total. The average molecular weight is 381 g/mol. The van der Waals surface area contributed by atoms with Gasteiger partial charge in [0.1, 0.15) is 6.61 Å². The van der Waals surface area contributed by atoms with Crippen LogP contribution in [0.5, 0.6) is 0 Å². The minimum atomic E-state index is -0.417. The van der Waals surface area contributed by atoms with Gasteiger partial charge in [-0.1, -0.05) is 42.5 Å². The summed E-state index contributed by atoms with van der Waals surface area (Å²) in [5, 5.41) is 0. The van der Waals surface area contributed by atoms with Crippen molar-refractivity contribution < 1.29 is 18.8 Å². The van der Waals surface area contributed by atoms with Gasteiger partial charge in [-0.2, -0.15) is 0 Å². The molecule has 3 rings (SSSR count). The van der Waals surface area contributed by atoms with Crippen LogP contribution in [0, 0.1) is 0 Å². The highest BCUT2D eigenvalue weighted by Gasteiger charge is 2.51. The van der Waals surface area contributed by atoms with E-state index in [0.29, 0.717) is 6.54 Å². The van der Waals surface area contributed by atoms with Gasteiger partial charge in [-0.25, -0.2) is 4.79 Å². The Morgan fingerprint density at radius 1 is 0.964 bits per heavy atom. The summed E-state index contributed by atoms with van der Waals surface area (Å²) in [5.41, 5.74) is 1.90. The third-order valence-electron chi connectivity index (χ3n) is 5.47. The van der Waals surface area contributed by atoms with E-state index in [9.17, 15) is 4.79 Å². The zero-order valence-electron chi connectivity index (χ0n) is 17.3. The predicted molar refractivity (Wildman–Crippen MR) is 112 cm³/mol. The standard InChI is InChI=1S/C22H28BNO4/c1-6-24(20(25)26-16-17-10-8-7-9-11-17)19-14-12-18(13-15-19)23-27-21(2,3)22(4,5)28-23/h7-15H,6,16H2,1-5H3. The molecule has 28 heavy (non-hydrogen) atoms. The van der Waals surface area contributed by atoms with Crippen molar-refractivity contribution in [2.75, 3.05) is 11.4 Å². The summed E-state index contributed by atoms with van der Waals surface area (Å²) in [4.78, 5) is 14.1. The molecule has 148 valence electrons. The van der Waals surface area contributed by atoms with Gasteiger partial charge in [0.15, 0.2) is 0 Å². The van der Waals surface area contributed by atoms with Gasteiger partial charge in [0, 0.05) is 12.2 Å². The highest BCUT2D eigenvalue weighted by atomic mass is 16.7. The first kappa shape index (κ1) is 20.4. The fourth-order valence-electron chi connectivity index (χ4n) is 3.00.